The summed E-state index contributed by atoms with van der Waals surface area (Å²) in [6.07, 6.45) is 1.63. The number of pyridine rings is 1. The van der Waals surface area contributed by atoms with Crippen molar-refractivity contribution >= 4 is 22.6 Å². The number of likely N-dealkylation sites (tertiary alicyclic amines) is 1. The molecule has 1 saturated heterocycles. The Morgan fingerprint density at radius 3 is 2.58 bits per heavy atom. The van der Waals surface area contributed by atoms with Crippen LogP contribution < -0.4 is 15.6 Å². The van der Waals surface area contributed by atoms with Crippen molar-refractivity contribution in [2.45, 2.75) is 25.3 Å². The number of nitrogens with zero attached hydrogens (tertiary/aromatic N) is 1. The third-order valence-corrected chi connectivity index (χ3v) is 5.72. The maximum atomic E-state index is 12.7. The number of benzene rings is 2. The van der Waals surface area contributed by atoms with Crippen LogP contribution in [0.2, 0.25) is 0 Å². The van der Waals surface area contributed by atoms with Crippen LogP contribution in [-0.4, -0.2) is 47.9 Å². The normalized spacial score (nSPS) is 14.4. The van der Waals surface area contributed by atoms with E-state index in [4.69, 9.17) is 4.74 Å². The fraction of sp³-hybridized carbons (Fsp3) is 0.292. The summed E-state index contributed by atoms with van der Waals surface area (Å²) in [5.41, 5.74) is 0.837. The first-order valence-corrected chi connectivity index (χ1v) is 10.4. The van der Waals surface area contributed by atoms with Crippen LogP contribution in [0.5, 0.6) is 5.75 Å². The van der Waals surface area contributed by atoms with Gasteiger partial charge in [-0.3, -0.25) is 14.4 Å². The van der Waals surface area contributed by atoms with Crippen molar-refractivity contribution < 1.29 is 14.3 Å². The quantitative estimate of drug-likeness (QED) is 0.665. The van der Waals surface area contributed by atoms with E-state index in [1.165, 1.54) is 0 Å². The first kappa shape index (κ1) is 20.7. The molecule has 3 aromatic rings. The van der Waals surface area contributed by atoms with Crippen LogP contribution in [0.3, 0.4) is 0 Å². The van der Waals surface area contributed by atoms with Crippen LogP contribution in [0.15, 0.2) is 59.4 Å². The van der Waals surface area contributed by atoms with E-state index in [9.17, 15) is 14.4 Å². The molecule has 1 aliphatic heterocycles. The molecule has 0 atom stereocenters. The summed E-state index contributed by atoms with van der Waals surface area (Å²) in [6, 6.07) is 16.3. The summed E-state index contributed by atoms with van der Waals surface area (Å²) in [7, 11) is 1.60. The van der Waals surface area contributed by atoms with Crippen LogP contribution in [-0.2, 0) is 11.2 Å². The number of amides is 2. The van der Waals surface area contributed by atoms with Gasteiger partial charge in [-0.15, -0.1) is 0 Å². The van der Waals surface area contributed by atoms with Crippen molar-refractivity contribution in [3.05, 3.63) is 76.2 Å². The standard InChI is InChI=1S/C24H25N3O4/c1-31-21-9-5-3-7-17(21)15-22(28)27-12-10-18(11-13-27)25-24(30)20-14-16-6-2-4-8-19(16)23(29)26-20/h2-9,14,18H,10-13,15H2,1H3,(H,25,30)(H,26,29). The zero-order valence-electron chi connectivity index (χ0n) is 17.4. The number of ether oxygens (including phenoxy) is 1. The molecule has 0 spiro atoms. The Morgan fingerprint density at radius 1 is 1.10 bits per heavy atom. The number of nitrogens with one attached hydrogen (secondary N) is 2. The first-order chi connectivity index (χ1) is 15.0. The molecule has 0 bridgehead atoms. The SMILES string of the molecule is COc1ccccc1CC(=O)N1CCC(NC(=O)c2cc3ccccc3c(=O)[nH]2)CC1. The molecule has 0 saturated carbocycles. The highest BCUT2D eigenvalue weighted by Crippen LogP contribution is 2.20. The summed E-state index contributed by atoms with van der Waals surface area (Å²) in [6.45, 7) is 1.15. The second-order valence-corrected chi connectivity index (χ2v) is 7.72. The molecule has 0 unspecified atom stereocenters. The Labute approximate surface area is 180 Å². The van der Waals surface area contributed by atoms with Crippen LogP contribution in [0.25, 0.3) is 10.8 Å². The summed E-state index contributed by atoms with van der Waals surface area (Å²) in [5.74, 6) is 0.456. The Bertz CT molecular complexity index is 1160. The van der Waals surface area contributed by atoms with Gasteiger partial charge in [-0.25, -0.2) is 0 Å². The monoisotopic (exact) mass is 419 g/mol. The zero-order chi connectivity index (χ0) is 21.8. The lowest BCUT2D eigenvalue weighted by molar-refractivity contribution is -0.131. The minimum Gasteiger partial charge on any atom is -0.496 e. The molecule has 2 N–H and O–H groups in total. The number of carbonyl (C=O) groups is 2. The Kier molecular flexibility index (Phi) is 6.02. The highest BCUT2D eigenvalue weighted by Gasteiger charge is 2.25. The number of fused-ring (bicyclic) bond motifs is 1. The van der Waals surface area contributed by atoms with Gasteiger partial charge in [0.1, 0.15) is 11.4 Å². The Balaban J connectivity index is 1.34. The number of rotatable bonds is 5. The van der Waals surface area contributed by atoms with E-state index in [1.807, 2.05) is 41.3 Å². The lowest BCUT2D eigenvalue weighted by Gasteiger charge is -2.32. The summed E-state index contributed by atoms with van der Waals surface area (Å²) in [5, 5.41) is 4.27. The van der Waals surface area contributed by atoms with Crippen molar-refractivity contribution in [3.63, 3.8) is 0 Å². The maximum Gasteiger partial charge on any atom is 0.268 e. The molecule has 1 aliphatic rings. The van der Waals surface area contributed by atoms with E-state index in [0.717, 1.165) is 10.9 Å². The van der Waals surface area contributed by atoms with Crippen LogP contribution in [0, 0.1) is 0 Å². The first-order valence-electron chi connectivity index (χ1n) is 10.4. The van der Waals surface area contributed by atoms with Gasteiger partial charge in [0.15, 0.2) is 0 Å². The molecule has 7 heteroatoms. The fourth-order valence-electron chi connectivity index (χ4n) is 3.99. The summed E-state index contributed by atoms with van der Waals surface area (Å²) in [4.78, 5) is 42.1. The zero-order valence-corrected chi connectivity index (χ0v) is 17.4. The molecule has 1 aromatic heterocycles. The number of aromatic amines is 1. The van der Waals surface area contributed by atoms with Crippen LogP contribution >= 0.6 is 0 Å². The Hall–Kier alpha value is -3.61. The Morgan fingerprint density at radius 2 is 1.81 bits per heavy atom. The minimum atomic E-state index is -0.304. The van der Waals surface area contributed by atoms with Gasteiger partial charge in [0.25, 0.3) is 11.5 Å². The average molecular weight is 419 g/mol. The van der Waals surface area contributed by atoms with E-state index >= 15 is 0 Å². The van der Waals surface area contributed by atoms with Gasteiger partial charge in [0.05, 0.1) is 13.5 Å². The van der Waals surface area contributed by atoms with Crippen LogP contribution in [0.1, 0.15) is 28.9 Å². The van der Waals surface area contributed by atoms with E-state index < -0.39 is 0 Å². The molecule has 2 heterocycles. The number of hydrogen-bond acceptors (Lipinski definition) is 4. The van der Waals surface area contributed by atoms with Crippen molar-refractivity contribution in [3.8, 4) is 5.75 Å². The van der Waals surface area contributed by atoms with E-state index in [0.29, 0.717) is 43.5 Å². The number of piperidine rings is 1. The van der Waals surface area contributed by atoms with Gasteiger partial charge >= 0.3 is 0 Å². The lowest BCUT2D eigenvalue weighted by Crippen LogP contribution is -2.47. The van der Waals surface area contributed by atoms with Gasteiger partial charge in [0.2, 0.25) is 5.91 Å². The molecule has 1 fully saturated rings. The predicted octanol–water partition coefficient (Wildman–Crippen LogP) is 2.50. The second-order valence-electron chi connectivity index (χ2n) is 7.72. The van der Waals surface area contributed by atoms with Gasteiger partial charge in [-0.2, -0.15) is 0 Å². The fourth-order valence-corrected chi connectivity index (χ4v) is 3.99. The summed E-state index contributed by atoms with van der Waals surface area (Å²) < 4.78 is 5.33. The van der Waals surface area contributed by atoms with Crippen LogP contribution in [0.4, 0.5) is 0 Å². The molecule has 2 amide bonds. The van der Waals surface area contributed by atoms with Gasteiger partial charge in [0, 0.05) is 30.1 Å². The average Bonchev–Trinajstić information content (AvgIpc) is 2.80. The second kappa shape index (κ2) is 9.04. The van der Waals surface area contributed by atoms with Gasteiger partial charge < -0.3 is 19.9 Å². The number of hydrogen-bond donors (Lipinski definition) is 2. The molecular formula is C24H25N3O4. The molecule has 4 rings (SSSR count). The smallest absolute Gasteiger partial charge is 0.268 e. The van der Waals surface area contributed by atoms with Gasteiger partial charge in [-0.1, -0.05) is 36.4 Å². The number of aromatic nitrogens is 1. The highest BCUT2D eigenvalue weighted by atomic mass is 16.5. The number of H-pyrrole nitrogens is 1. The topological polar surface area (TPSA) is 91.5 Å². The molecule has 160 valence electrons. The van der Waals surface area contributed by atoms with Crippen molar-refractivity contribution in [1.82, 2.24) is 15.2 Å². The molecule has 31 heavy (non-hydrogen) atoms. The molecule has 2 aromatic carbocycles. The lowest BCUT2D eigenvalue weighted by atomic mass is 10.0. The third-order valence-electron chi connectivity index (χ3n) is 5.72. The van der Waals surface area contributed by atoms with Crippen molar-refractivity contribution in [2.24, 2.45) is 0 Å². The molecule has 7 nitrogen and oxygen atoms in total. The number of para-hydroxylation sites is 1. The molecule has 0 radical (unpaired) electrons. The molecule has 0 aliphatic carbocycles. The third kappa shape index (κ3) is 4.60. The number of carbonyl (C=O) groups excluding carboxylic acids is 2. The minimum absolute atomic E-state index is 0.0437. The van der Waals surface area contributed by atoms with E-state index in [1.54, 1.807) is 25.3 Å². The largest absolute Gasteiger partial charge is 0.496 e. The predicted molar refractivity (Wildman–Crippen MR) is 118 cm³/mol. The van der Waals surface area contributed by atoms with Crippen molar-refractivity contribution in [2.75, 3.05) is 20.2 Å². The van der Waals surface area contributed by atoms with E-state index in [-0.39, 0.29) is 29.1 Å². The van der Waals surface area contributed by atoms with Gasteiger partial charge in [-0.05, 0) is 36.4 Å². The number of methoxy groups -OCH3 is 1. The van der Waals surface area contributed by atoms with E-state index in [2.05, 4.69) is 10.3 Å². The molecular weight excluding hydrogens is 394 g/mol. The summed E-state index contributed by atoms with van der Waals surface area (Å²) >= 11 is 0. The highest BCUT2D eigenvalue weighted by molar-refractivity contribution is 5.96. The maximum absolute atomic E-state index is 12.7. The van der Waals surface area contributed by atoms with Crippen molar-refractivity contribution in [1.29, 1.82) is 0 Å².